The summed E-state index contributed by atoms with van der Waals surface area (Å²) in [4.78, 5) is 12.0. The van der Waals surface area contributed by atoms with E-state index in [-0.39, 0.29) is 18.0 Å². The summed E-state index contributed by atoms with van der Waals surface area (Å²) < 4.78 is 5.24. The van der Waals surface area contributed by atoms with Crippen molar-refractivity contribution in [1.82, 2.24) is 5.32 Å². The number of hydrogen-bond acceptors (Lipinski definition) is 4. The number of amides is 1. The first-order valence-corrected chi connectivity index (χ1v) is 6.53. The number of carbonyl (C=O) groups excluding carboxylic acids is 1. The molecule has 3 unspecified atom stereocenters. The van der Waals surface area contributed by atoms with Gasteiger partial charge in [-0.1, -0.05) is 0 Å². The van der Waals surface area contributed by atoms with Crippen LogP contribution < -0.4 is 11.1 Å². The molecule has 1 heterocycles. The van der Waals surface area contributed by atoms with Crippen LogP contribution in [0.2, 0.25) is 0 Å². The van der Waals surface area contributed by atoms with E-state index in [0.29, 0.717) is 13.2 Å². The maximum Gasteiger partial charge on any atom is 0.230 e. The van der Waals surface area contributed by atoms with E-state index in [0.717, 1.165) is 5.75 Å². The highest BCUT2D eigenvalue weighted by atomic mass is 32.2. The van der Waals surface area contributed by atoms with Gasteiger partial charge in [-0.05, 0) is 20.1 Å². The van der Waals surface area contributed by atoms with Gasteiger partial charge in [-0.15, -0.1) is 0 Å². The van der Waals surface area contributed by atoms with Crippen molar-refractivity contribution in [2.24, 2.45) is 11.1 Å². The largest absolute Gasteiger partial charge is 0.379 e. The van der Waals surface area contributed by atoms with Crippen LogP contribution in [0.15, 0.2) is 0 Å². The van der Waals surface area contributed by atoms with Crippen molar-refractivity contribution in [2.45, 2.75) is 25.9 Å². The van der Waals surface area contributed by atoms with Crippen LogP contribution in [0.4, 0.5) is 0 Å². The van der Waals surface area contributed by atoms with Crippen molar-refractivity contribution in [1.29, 1.82) is 0 Å². The van der Waals surface area contributed by atoms with Crippen molar-refractivity contribution >= 4 is 17.7 Å². The van der Waals surface area contributed by atoms with Gasteiger partial charge in [0.2, 0.25) is 5.91 Å². The first-order valence-electron chi connectivity index (χ1n) is 5.14. The average Bonchev–Trinajstić information content (AvgIpc) is 2.48. The molecule has 1 fully saturated rings. The van der Waals surface area contributed by atoms with Crippen LogP contribution >= 0.6 is 11.8 Å². The minimum Gasteiger partial charge on any atom is -0.379 e. The van der Waals surface area contributed by atoms with Crippen molar-refractivity contribution < 1.29 is 9.53 Å². The maximum absolute atomic E-state index is 12.0. The SMILES string of the molecule is CSCC(C)NC(=O)C1(C)COCC1N. The monoisotopic (exact) mass is 232 g/mol. The summed E-state index contributed by atoms with van der Waals surface area (Å²) in [6, 6.07) is -0.0175. The molecule has 1 rings (SSSR count). The molecule has 1 amide bonds. The van der Waals surface area contributed by atoms with E-state index >= 15 is 0 Å². The molecule has 0 saturated carbocycles. The molecule has 1 saturated heterocycles. The third kappa shape index (κ3) is 2.86. The van der Waals surface area contributed by atoms with Crippen molar-refractivity contribution in [3.05, 3.63) is 0 Å². The molecule has 3 atom stereocenters. The second-order valence-corrected chi connectivity index (χ2v) is 5.28. The Morgan fingerprint density at radius 2 is 2.47 bits per heavy atom. The third-order valence-electron chi connectivity index (χ3n) is 2.83. The van der Waals surface area contributed by atoms with Crippen LogP contribution in [-0.4, -0.2) is 43.2 Å². The zero-order valence-corrected chi connectivity index (χ0v) is 10.4. The number of nitrogens with one attached hydrogen (secondary N) is 1. The summed E-state index contributed by atoms with van der Waals surface area (Å²) in [5.41, 5.74) is 5.31. The van der Waals surface area contributed by atoms with Crippen LogP contribution in [0.5, 0.6) is 0 Å². The third-order valence-corrected chi connectivity index (χ3v) is 3.66. The first kappa shape index (κ1) is 12.8. The van der Waals surface area contributed by atoms with Crippen LogP contribution in [0.25, 0.3) is 0 Å². The predicted octanol–water partition coefficient (Wildman–Crippen LogP) is 0.218. The van der Waals surface area contributed by atoms with E-state index in [1.807, 2.05) is 20.1 Å². The van der Waals surface area contributed by atoms with E-state index < -0.39 is 5.41 Å². The molecule has 0 aromatic heterocycles. The lowest BCUT2D eigenvalue weighted by atomic mass is 9.84. The summed E-state index contributed by atoms with van der Waals surface area (Å²) >= 11 is 1.72. The Kier molecular flexibility index (Phi) is 4.43. The molecule has 88 valence electrons. The molecule has 15 heavy (non-hydrogen) atoms. The Balaban J connectivity index is 2.52. The standard InChI is InChI=1S/C10H20N2O2S/c1-7(5-15-3)12-9(13)10(2)6-14-4-8(10)11/h7-8H,4-6,11H2,1-3H3,(H,12,13). The second-order valence-electron chi connectivity index (χ2n) is 4.37. The molecular weight excluding hydrogens is 212 g/mol. The van der Waals surface area contributed by atoms with Crippen LogP contribution in [0.3, 0.4) is 0 Å². The van der Waals surface area contributed by atoms with Crippen LogP contribution in [-0.2, 0) is 9.53 Å². The van der Waals surface area contributed by atoms with Gasteiger partial charge in [-0.25, -0.2) is 0 Å². The highest BCUT2D eigenvalue weighted by Gasteiger charge is 2.44. The van der Waals surface area contributed by atoms with Gasteiger partial charge in [0, 0.05) is 17.8 Å². The van der Waals surface area contributed by atoms with Crippen LogP contribution in [0, 0.1) is 5.41 Å². The molecule has 4 nitrogen and oxygen atoms in total. The highest BCUT2D eigenvalue weighted by molar-refractivity contribution is 7.98. The fraction of sp³-hybridized carbons (Fsp3) is 0.900. The molecule has 1 aliphatic rings. The van der Waals surface area contributed by atoms with Gasteiger partial charge in [-0.3, -0.25) is 4.79 Å². The first-order chi connectivity index (χ1) is 7.00. The number of hydrogen-bond donors (Lipinski definition) is 2. The summed E-state index contributed by atoms with van der Waals surface area (Å²) in [6.45, 7) is 4.76. The van der Waals surface area contributed by atoms with Gasteiger partial charge in [-0.2, -0.15) is 11.8 Å². The molecule has 1 aliphatic heterocycles. The van der Waals surface area contributed by atoms with Crippen molar-refractivity contribution in [3.63, 3.8) is 0 Å². The second kappa shape index (κ2) is 5.18. The minimum atomic E-state index is -0.563. The minimum absolute atomic E-state index is 0.00838. The molecule has 0 aliphatic carbocycles. The average molecular weight is 232 g/mol. The Morgan fingerprint density at radius 1 is 1.80 bits per heavy atom. The van der Waals surface area contributed by atoms with Gasteiger partial charge in [0.25, 0.3) is 0 Å². The molecule has 0 aromatic carbocycles. The Bertz CT molecular complexity index is 237. The van der Waals surface area contributed by atoms with E-state index in [1.165, 1.54) is 0 Å². The summed E-state index contributed by atoms with van der Waals surface area (Å²) in [5, 5.41) is 2.97. The predicted molar refractivity (Wildman–Crippen MR) is 62.9 cm³/mol. The van der Waals surface area contributed by atoms with E-state index in [1.54, 1.807) is 11.8 Å². The molecule has 0 aromatic rings. The summed E-state index contributed by atoms with van der Waals surface area (Å²) in [7, 11) is 0. The highest BCUT2D eigenvalue weighted by Crippen LogP contribution is 2.27. The zero-order chi connectivity index (χ0) is 11.5. The number of carbonyl (C=O) groups is 1. The fourth-order valence-electron chi connectivity index (χ4n) is 1.60. The topological polar surface area (TPSA) is 64.3 Å². The molecule has 0 bridgehead atoms. The van der Waals surface area contributed by atoms with Crippen molar-refractivity contribution in [3.8, 4) is 0 Å². The van der Waals surface area contributed by atoms with Crippen molar-refractivity contribution in [2.75, 3.05) is 25.2 Å². The maximum atomic E-state index is 12.0. The van der Waals surface area contributed by atoms with Gasteiger partial charge < -0.3 is 15.8 Å². The number of nitrogens with two attached hydrogens (primary N) is 1. The zero-order valence-electron chi connectivity index (χ0n) is 9.58. The lowest BCUT2D eigenvalue weighted by molar-refractivity contribution is -0.131. The van der Waals surface area contributed by atoms with Gasteiger partial charge >= 0.3 is 0 Å². The Morgan fingerprint density at radius 3 is 2.93 bits per heavy atom. The molecular formula is C10H20N2O2S. The molecule has 5 heteroatoms. The number of thioether (sulfide) groups is 1. The lowest BCUT2D eigenvalue weighted by Crippen LogP contribution is -2.52. The lowest BCUT2D eigenvalue weighted by Gasteiger charge is -2.27. The molecule has 0 radical (unpaired) electrons. The van der Waals surface area contributed by atoms with Gasteiger partial charge in [0.15, 0.2) is 0 Å². The summed E-state index contributed by atoms with van der Waals surface area (Å²) in [6.07, 6.45) is 2.02. The van der Waals surface area contributed by atoms with Crippen LogP contribution in [0.1, 0.15) is 13.8 Å². The number of rotatable bonds is 4. The quantitative estimate of drug-likeness (QED) is 0.728. The van der Waals surface area contributed by atoms with E-state index in [2.05, 4.69) is 5.32 Å². The fourth-order valence-corrected chi connectivity index (χ4v) is 2.19. The van der Waals surface area contributed by atoms with Gasteiger partial charge in [0.05, 0.1) is 18.6 Å². The smallest absolute Gasteiger partial charge is 0.230 e. The number of ether oxygens (including phenoxy) is 1. The van der Waals surface area contributed by atoms with Gasteiger partial charge in [0.1, 0.15) is 0 Å². The normalized spacial score (nSPS) is 32.7. The van der Waals surface area contributed by atoms with E-state index in [9.17, 15) is 4.79 Å². The molecule has 0 spiro atoms. The van der Waals surface area contributed by atoms with E-state index in [4.69, 9.17) is 10.5 Å². The molecule has 3 N–H and O–H groups in total. The Labute approximate surface area is 95.3 Å². The Hall–Kier alpha value is -0.260. The summed E-state index contributed by atoms with van der Waals surface area (Å²) in [5.74, 6) is 0.923.